The van der Waals surface area contributed by atoms with Gasteiger partial charge in [-0.15, -0.1) is 0 Å². The Bertz CT molecular complexity index is 593. The number of hydrogen-bond acceptors (Lipinski definition) is 4. The van der Waals surface area contributed by atoms with Gasteiger partial charge in [-0.3, -0.25) is 4.90 Å². The molecule has 1 aromatic rings. The van der Waals surface area contributed by atoms with Gasteiger partial charge in [0.2, 0.25) is 0 Å². The lowest BCUT2D eigenvalue weighted by Crippen LogP contribution is -2.48. The minimum Gasteiger partial charge on any atom is -0.490 e. The lowest BCUT2D eigenvalue weighted by molar-refractivity contribution is -0.0191. The van der Waals surface area contributed by atoms with Gasteiger partial charge in [-0.2, -0.15) is 0 Å². The van der Waals surface area contributed by atoms with Gasteiger partial charge in [0.25, 0.3) is 0 Å². The topological polar surface area (TPSA) is 52.9 Å². The summed E-state index contributed by atoms with van der Waals surface area (Å²) in [7, 11) is 0. The first-order valence-corrected chi connectivity index (χ1v) is 9.40. The maximum absolute atomic E-state index is 12.4. The minimum atomic E-state index is -0.540. The summed E-state index contributed by atoms with van der Waals surface area (Å²) in [5.74, 6) is 1.51. The van der Waals surface area contributed by atoms with E-state index in [1.165, 1.54) is 11.1 Å². The highest BCUT2D eigenvalue weighted by molar-refractivity contribution is 5.45. The normalized spacial score (nSPS) is 26.4. The zero-order valence-electron chi connectivity index (χ0n) is 15.2. The summed E-state index contributed by atoms with van der Waals surface area (Å²) in [6, 6.07) is 4.15. The smallest absolute Gasteiger partial charge is 0.125 e. The predicted molar refractivity (Wildman–Crippen MR) is 95.4 cm³/mol. The molecule has 0 aliphatic carbocycles. The number of halogens is 1. The van der Waals surface area contributed by atoms with E-state index in [0.717, 1.165) is 32.4 Å². The summed E-state index contributed by atoms with van der Waals surface area (Å²) in [5.41, 5.74) is 3.08. The highest BCUT2D eigenvalue weighted by Crippen LogP contribution is 2.41. The molecule has 0 unspecified atom stereocenters. The van der Waals surface area contributed by atoms with Crippen molar-refractivity contribution in [2.45, 2.75) is 51.9 Å². The molecule has 3 atom stereocenters. The first-order chi connectivity index (χ1) is 12.0. The molecule has 2 heterocycles. The van der Waals surface area contributed by atoms with Gasteiger partial charge >= 0.3 is 0 Å². The summed E-state index contributed by atoms with van der Waals surface area (Å²) in [4.78, 5) is 2.48. The van der Waals surface area contributed by atoms with Crippen LogP contribution in [0.3, 0.4) is 0 Å². The van der Waals surface area contributed by atoms with Crippen molar-refractivity contribution < 1.29 is 19.3 Å². The average Bonchev–Trinajstić information content (AvgIpc) is 2.59. The zero-order valence-corrected chi connectivity index (χ0v) is 15.2. The van der Waals surface area contributed by atoms with Gasteiger partial charge in [0.15, 0.2) is 0 Å². The fourth-order valence-corrected chi connectivity index (χ4v) is 4.41. The van der Waals surface area contributed by atoms with E-state index in [9.17, 15) is 14.6 Å². The highest BCUT2D eigenvalue weighted by atomic mass is 19.1. The van der Waals surface area contributed by atoms with E-state index in [-0.39, 0.29) is 25.4 Å². The van der Waals surface area contributed by atoms with Crippen LogP contribution in [0.1, 0.15) is 49.4 Å². The zero-order chi connectivity index (χ0) is 18.0. The third-order valence-electron chi connectivity index (χ3n) is 5.55. The molecule has 2 aliphatic rings. The molecule has 0 aromatic heterocycles. The lowest BCUT2D eigenvalue weighted by Gasteiger charge is -2.46. The molecular weight excluding hydrogens is 321 g/mol. The van der Waals surface area contributed by atoms with Crippen molar-refractivity contribution in [3.63, 3.8) is 0 Å². The van der Waals surface area contributed by atoms with Gasteiger partial charge in [0.1, 0.15) is 19.0 Å². The van der Waals surface area contributed by atoms with E-state index in [0.29, 0.717) is 23.1 Å². The summed E-state index contributed by atoms with van der Waals surface area (Å²) in [6.45, 7) is 5.66. The van der Waals surface area contributed by atoms with Crippen molar-refractivity contribution >= 4 is 0 Å². The first-order valence-electron chi connectivity index (χ1n) is 9.40. The fraction of sp³-hybridized carbons (Fsp3) is 0.700. The molecule has 1 fully saturated rings. The molecular formula is C20H30FNO3. The molecule has 0 saturated carbocycles. The van der Waals surface area contributed by atoms with E-state index < -0.39 is 6.67 Å². The Labute approximate surface area is 149 Å². The average molecular weight is 351 g/mol. The van der Waals surface area contributed by atoms with E-state index in [1.54, 1.807) is 0 Å². The van der Waals surface area contributed by atoms with Crippen molar-refractivity contribution in [2.75, 3.05) is 26.4 Å². The quantitative estimate of drug-likeness (QED) is 0.827. The Kier molecular flexibility index (Phi) is 5.97. The molecule has 2 N–H and O–H groups in total. The maximum Gasteiger partial charge on any atom is 0.125 e. The second kappa shape index (κ2) is 8.02. The van der Waals surface area contributed by atoms with Crippen LogP contribution in [-0.2, 0) is 13.0 Å². The standard InChI is InChI=1S/C20H30FNO3/c1-13(2)7-15-11-22-5-3-14-9-20(25-6-4-21)16(12-23)8-17(14)18(22)10-19(15)24/h8-9,13,15,18-19,23-24H,3-7,10-12H2,1-2H3/t15-,18-,19-/m1/s1. The summed E-state index contributed by atoms with van der Waals surface area (Å²) < 4.78 is 17.9. The van der Waals surface area contributed by atoms with Crippen molar-refractivity contribution in [2.24, 2.45) is 11.8 Å². The number of ether oxygens (including phenoxy) is 1. The van der Waals surface area contributed by atoms with Crippen LogP contribution in [0.25, 0.3) is 0 Å². The van der Waals surface area contributed by atoms with Crippen LogP contribution in [0.4, 0.5) is 4.39 Å². The summed E-state index contributed by atoms with van der Waals surface area (Å²) >= 11 is 0. The molecule has 5 heteroatoms. The third-order valence-corrected chi connectivity index (χ3v) is 5.55. The van der Waals surface area contributed by atoms with Crippen LogP contribution >= 0.6 is 0 Å². The van der Waals surface area contributed by atoms with Crippen LogP contribution in [-0.4, -0.2) is 47.6 Å². The Morgan fingerprint density at radius 2 is 2.16 bits per heavy atom. The number of nitrogens with zero attached hydrogens (tertiary/aromatic N) is 1. The van der Waals surface area contributed by atoms with Crippen molar-refractivity contribution in [1.29, 1.82) is 0 Å². The summed E-state index contributed by atoms with van der Waals surface area (Å²) in [5, 5.41) is 20.3. The van der Waals surface area contributed by atoms with Crippen molar-refractivity contribution in [1.82, 2.24) is 4.90 Å². The maximum atomic E-state index is 12.4. The number of aliphatic hydroxyl groups is 2. The molecule has 1 aromatic carbocycles. The van der Waals surface area contributed by atoms with Crippen LogP contribution in [0.2, 0.25) is 0 Å². The number of rotatable bonds is 6. The molecule has 25 heavy (non-hydrogen) atoms. The number of alkyl halides is 1. The fourth-order valence-electron chi connectivity index (χ4n) is 4.41. The second-order valence-electron chi connectivity index (χ2n) is 7.81. The molecule has 140 valence electrons. The number of benzene rings is 1. The van der Waals surface area contributed by atoms with Gasteiger partial charge in [0, 0.05) is 24.7 Å². The molecule has 0 spiro atoms. The van der Waals surface area contributed by atoms with Crippen LogP contribution in [0.15, 0.2) is 12.1 Å². The monoisotopic (exact) mass is 351 g/mol. The van der Waals surface area contributed by atoms with E-state index in [2.05, 4.69) is 18.7 Å². The molecule has 0 bridgehead atoms. The Morgan fingerprint density at radius 1 is 1.36 bits per heavy atom. The van der Waals surface area contributed by atoms with Crippen LogP contribution < -0.4 is 4.74 Å². The highest BCUT2D eigenvalue weighted by Gasteiger charge is 2.38. The first kappa shape index (κ1) is 18.6. The molecule has 3 rings (SSSR count). The number of piperidine rings is 1. The van der Waals surface area contributed by atoms with Gasteiger partial charge in [-0.05, 0) is 54.4 Å². The second-order valence-corrected chi connectivity index (χ2v) is 7.81. The van der Waals surface area contributed by atoms with Gasteiger partial charge in [-0.25, -0.2) is 4.39 Å². The molecule has 0 radical (unpaired) electrons. The third kappa shape index (κ3) is 3.99. The largest absolute Gasteiger partial charge is 0.490 e. The van der Waals surface area contributed by atoms with Crippen LogP contribution in [0.5, 0.6) is 5.75 Å². The van der Waals surface area contributed by atoms with Gasteiger partial charge in [-0.1, -0.05) is 13.8 Å². The molecule has 2 aliphatic heterocycles. The van der Waals surface area contributed by atoms with Crippen molar-refractivity contribution in [3.8, 4) is 5.75 Å². The molecule has 4 nitrogen and oxygen atoms in total. The Hall–Kier alpha value is -1.17. The lowest BCUT2D eigenvalue weighted by atomic mass is 9.79. The Morgan fingerprint density at radius 3 is 2.84 bits per heavy atom. The van der Waals surface area contributed by atoms with Crippen LogP contribution in [0, 0.1) is 11.8 Å². The predicted octanol–water partition coefficient (Wildman–Crippen LogP) is 2.85. The molecule has 0 amide bonds. The van der Waals surface area contributed by atoms with E-state index in [1.807, 2.05) is 12.1 Å². The number of hydrogen-bond donors (Lipinski definition) is 2. The van der Waals surface area contributed by atoms with E-state index in [4.69, 9.17) is 4.74 Å². The molecule has 1 saturated heterocycles. The number of aliphatic hydroxyl groups excluding tert-OH is 2. The van der Waals surface area contributed by atoms with Gasteiger partial charge < -0.3 is 14.9 Å². The van der Waals surface area contributed by atoms with Crippen molar-refractivity contribution in [3.05, 3.63) is 28.8 Å². The number of fused-ring (bicyclic) bond motifs is 3. The summed E-state index contributed by atoms with van der Waals surface area (Å²) in [6.07, 6.45) is 2.43. The SMILES string of the molecule is CC(C)C[C@@H]1CN2CCc3cc(OCCF)c(CO)cc3[C@H]2C[C@H]1O. The minimum absolute atomic E-state index is 0.0108. The Balaban J connectivity index is 1.84. The van der Waals surface area contributed by atoms with E-state index >= 15 is 0 Å². The van der Waals surface area contributed by atoms with Gasteiger partial charge in [0.05, 0.1) is 12.7 Å².